The molecule has 0 saturated carbocycles. The number of amides is 1. The van der Waals surface area contributed by atoms with Crippen LogP contribution in [0.1, 0.15) is 27.2 Å². The molecule has 1 saturated heterocycles. The summed E-state index contributed by atoms with van der Waals surface area (Å²) < 4.78 is 13.5. The van der Waals surface area contributed by atoms with E-state index in [0.29, 0.717) is 31.7 Å². The van der Waals surface area contributed by atoms with E-state index in [1.54, 1.807) is 17.0 Å². The van der Waals surface area contributed by atoms with E-state index < -0.39 is 5.82 Å². The van der Waals surface area contributed by atoms with E-state index >= 15 is 0 Å². The Labute approximate surface area is 176 Å². The van der Waals surface area contributed by atoms with Gasteiger partial charge in [-0.25, -0.2) is 14.4 Å². The van der Waals surface area contributed by atoms with E-state index in [1.807, 2.05) is 26.0 Å². The number of anilines is 1. The van der Waals surface area contributed by atoms with E-state index in [1.165, 1.54) is 17.7 Å². The first-order valence-corrected chi connectivity index (χ1v) is 10.1. The Kier molecular flexibility index (Phi) is 5.48. The molecule has 0 atom stereocenters. The van der Waals surface area contributed by atoms with Crippen molar-refractivity contribution in [1.29, 1.82) is 0 Å². The van der Waals surface area contributed by atoms with Crippen molar-refractivity contribution in [3.05, 3.63) is 76.7 Å². The summed E-state index contributed by atoms with van der Waals surface area (Å²) in [5.41, 5.74) is 4.56. The van der Waals surface area contributed by atoms with Gasteiger partial charge in [0.2, 0.25) is 0 Å². The van der Waals surface area contributed by atoms with Gasteiger partial charge in [0.25, 0.3) is 5.91 Å². The molecule has 3 aromatic rings. The molecule has 0 unspecified atom stereocenters. The van der Waals surface area contributed by atoms with E-state index in [-0.39, 0.29) is 5.91 Å². The van der Waals surface area contributed by atoms with Crippen LogP contribution in [0, 0.1) is 26.6 Å². The second-order valence-electron chi connectivity index (χ2n) is 7.74. The zero-order valence-electron chi connectivity index (χ0n) is 17.5. The summed E-state index contributed by atoms with van der Waals surface area (Å²) in [4.78, 5) is 26.2. The van der Waals surface area contributed by atoms with Crippen molar-refractivity contribution in [1.82, 2.24) is 14.9 Å². The van der Waals surface area contributed by atoms with Gasteiger partial charge in [0.05, 0.1) is 0 Å². The van der Waals surface area contributed by atoms with Crippen LogP contribution in [0.25, 0.3) is 11.4 Å². The van der Waals surface area contributed by atoms with Crippen LogP contribution < -0.4 is 4.90 Å². The molecule has 2 heterocycles. The molecule has 4 rings (SSSR count). The molecule has 0 spiro atoms. The first kappa shape index (κ1) is 20.0. The number of nitrogens with zero attached hydrogens (tertiary/aromatic N) is 4. The Morgan fingerprint density at radius 2 is 1.67 bits per heavy atom. The summed E-state index contributed by atoms with van der Waals surface area (Å²) in [5, 5.41) is 0. The molecule has 0 bridgehead atoms. The molecule has 1 aromatic heterocycles. The molecule has 2 aromatic carbocycles. The Morgan fingerprint density at radius 3 is 2.37 bits per heavy atom. The number of carbonyl (C=O) groups excluding carboxylic acids is 1. The van der Waals surface area contributed by atoms with Gasteiger partial charge in [-0.15, -0.1) is 0 Å². The van der Waals surface area contributed by atoms with E-state index in [0.717, 1.165) is 28.5 Å². The highest BCUT2D eigenvalue weighted by molar-refractivity contribution is 5.94. The fourth-order valence-electron chi connectivity index (χ4n) is 3.76. The number of aryl methyl sites for hydroxylation is 2. The quantitative estimate of drug-likeness (QED) is 0.657. The third-order valence-corrected chi connectivity index (χ3v) is 5.58. The highest BCUT2D eigenvalue weighted by atomic mass is 19.1. The summed E-state index contributed by atoms with van der Waals surface area (Å²) in [7, 11) is 0. The fraction of sp³-hybridized carbons (Fsp3) is 0.292. The summed E-state index contributed by atoms with van der Waals surface area (Å²) in [6, 6.07) is 14.0. The average Bonchev–Trinajstić information content (AvgIpc) is 2.75. The van der Waals surface area contributed by atoms with Crippen LogP contribution in [-0.4, -0.2) is 47.0 Å². The highest BCUT2D eigenvalue weighted by Crippen LogP contribution is 2.26. The van der Waals surface area contributed by atoms with Gasteiger partial charge in [0, 0.05) is 48.6 Å². The first-order valence-electron chi connectivity index (χ1n) is 10.1. The maximum Gasteiger partial charge on any atom is 0.254 e. The standard InChI is InChI=1S/C24H25FN4O/c1-16-6-4-7-19(14-16)22-26-18(3)17(2)23(27-22)28-10-12-29(13-11-28)24(30)20-8-5-9-21(25)15-20/h4-9,14-15H,10-13H2,1-3H3. The molecule has 1 aliphatic heterocycles. The van der Waals surface area contributed by atoms with Crippen molar-refractivity contribution in [2.45, 2.75) is 20.8 Å². The van der Waals surface area contributed by atoms with Gasteiger partial charge in [-0.2, -0.15) is 0 Å². The van der Waals surface area contributed by atoms with Crippen LogP contribution in [0.2, 0.25) is 0 Å². The molecule has 1 amide bonds. The van der Waals surface area contributed by atoms with Gasteiger partial charge in [0.15, 0.2) is 5.82 Å². The lowest BCUT2D eigenvalue weighted by Gasteiger charge is -2.36. The van der Waals surface area contributed by atoms with Crippen LogP contribution in [-0.2, 0) is 0 Å². The van der Waals surface area contributed by atoms with Crippen molar-refractivity contribution >= 4 is 11.7 Å². The lowest BCUT2D eigenvalue weighted by molar-refractivity contribution is 0.0746. The second-order valence-corrected chi connectivity index (χ2v) is 7.74. The number of hydrogen-bond donors (Lipinski definition) is 0. The predicted octanol–water partition coefficient (Wildman–Crippen LogP) is 4.17. The SMILES string of the molecule is Cc1cccc(-c2nc(C)c(C)c(N3CCN(C(=O)c4cccc(F)c4)CC3)n2)c1. The Balaban J connectivity index is 1.54. The molecule has 154 valence electrons. The third-order valence-electron chi connectivity index (χ3n) is 5.58. The number of rotatable bonds is 3. The van der Waals surface area contributed by atoms with Crippen LogP contribution >= 0.6 is 0 Å². The maximum atomic E-state index is 13.5. The molecule has 0 radical (unpaired) electrons. The van der Waals surface area contributed by atoms with Gasteiger partial charge in [0.1, 0.15) is 11.6 Å². The van der Waals surface area contributed by atoms with E-state index in [2.05, 4.69) is 24.0 Å². The monoisotopic (exact) mass is 404 g/mol. The lowest BCUT2D eigenvalue weighted by Crippen LogP contribution is -2.49. The molecular weight excluding hydrogens is 379 g/mol. The minimum absolute atomic E-state index is 0.134. The Bertz CT molecular complexity index is 1090. The summed E-state index contributed by atoms with van der Waals surface area (Å²) in [6.45, 7) is 8.57. The minimum atomic E-state index is -0.393. The van der Waals surface area contributed by atoms with E-state index in [9.17, 15) is 9.18 Å². The summed E-state index contributed by atoms with van der Waals surface area (Å²) >= 11 is 0. The van der Waals surface area contributed by atoms with Gasteiger partial charge >= 0.3 is 0 Å². The summed E-state index contributed by atoms with van der Waals surface area (Å²) in [5.74, 6) is 1.10. The maximum absolute atomic E-state index is 13.5. The molecular formula is C24H25FN4O. The zero-order valence-corrected chi connectivity index (χ0v) is 17.5. The fourth-order valence-corrected chi connectivity index (χ4v) is 3.76. The molecule has 30 heavy (non-hydrogen) atoms. The van der Waals surface area contributed by atoms with Gasteiger partial charge in [-0.1, -0.05) is 29.8 Å². The van der Waals surface area contributed by atoms with Crippen LogP contribution in [0.15, 0.2) is 48.5 Å². The third kappa shape index (κ3) is 4.03. The average molecular weight is 404 g/mol. The van der Waals surface area contributed by atoms with Crippen molar-refractivity contribution in [2.24, 2.45) is 0 Å². The van der Waals surface area contributed by atoms with Gasteiger partial charge < -0.3 is 9.80 Å². The normalized spacial score (nSPS) is 14.1. The zero-order chi connectivity index (χ0) is 21.3. The first-order chi connectivity index (χ1) is 14.4. The minimum Gasteiger partial charge on any atom is -0.353 e. The number of hydrogen-bond acceptors (Lipinski definition) is 4. The molecule has 1 aliphatic rings. The largest absolute Gasteiger partial charge is 0.353 e. The number of aromatic nitrogens is 2. The van der Waals surface area contributed by atoms with Crippen molar-refractivity contribution in [3.8, 4) is 11.4 Å². The van der Waals surface area contributed by atoms with Crippen LogP contribution in [0.3, 0.4) is 0 Å². The predicted molar refractivity (Wildman–Crippen MR) is 116 cm³/mol. The van der Waals surface area contributed by atoms with Crippen molar-refractivity contribution < 1.29 is 9.18 Å². The topological polar surface area (TPSA) is 49.3 Å². The van der Waals surface area contributed by atoms with Gasteiger partial charge in [-0.05, 0) is 45.0 Å². The number of piperazine rings is 1. The van der Waals surface area contributed by atoms with Crippen molar-refractivity contribution in [3.63, 3.8) is 0 Å². The second kappa shape index (κ2) is 8.22. The number of benzene rings is 2. The molecule has 0 N–H and O–H groups in total. The Morgan fingerprint density at radius 1 is 0.933 bits per heavy atom. The lowest BCUT2D eigenvalue weighted by atomic mass is 10.1. The van der Waals surface area contributed by atoms with Crippen LogP contribution in [0.5, 0.6) is 0 Å². The molecule has 5 nitrogen and oxygen atoms in total. The smallest absolute Gasteiger partial charge is 0.254 e. The van der Waals surface area contributed by atoms with Gasteiger partial charge in [-0.3, -0.25) is 4.79 Å². The van der Waals surface area contributed by atoms with E-state index in [4.69, 9.17) is 9.97 Å². The molecule has 1 fully saturated rings. The molecule has 0 aliphatic carbocycles. The Hall–Kier alpha value is -3.28. The summed E-state index contributed by atoms with van der Waals surface area (Å²) in [6.07, 6.45) is 0. The van der Waals surface area contributed by atoms with Crippen LogP contribution in [0.4, 0.5) is 10.2 Å². The molecule has 6 heteroatoms. The van der Waals surface area contributed by atoms with Crippen molar-refractivity contribution in [2.75, 3.05) is 31.1 Å². The number of carbonyl (C=O) groups is 1. The number of halogens is 1. The highest BCUT2D eigenvalue weighted by Gasteiger charge is 2.25.